The van der Waals surface area contributed by atoms with Gasteiger partial charge >= 0.3 is 0 Å². The molecule has 0 atom stereocenters. The molecule has 0 unspecified atom stereocenters. The predicted octanol–water partition coefficient (Wildman–Crippen LogP) is 5.12. The van der Waals surface area contributed by atoms with Crippen LogP contribution in [0.5, 0.6) is 28.7 Å². The lowest BCUT2D eigenvalue weighted by Crippen LogP contribution is -2.02. The minimum atomic E-state index is -3.68. The van der Waals surface area contributed by atoms with Gasteiger partial charge in [-0.05, 0) is 48.0 Å². The molecule has 0 saturated carbocycles. The first-order valence-electron chi connectivity index (χ1n) is 11.7. The normalized spacial score (nSPS) is 11.4. The van der Waals surface area contributed by atoms with E-state index in [1.807, 2.05) is 0 Å². The summed E-state index contributed by atoms with van der Waals surface area (Å²) in [5.41, 5.74) is 1.99. The van der Waals surface area contributed by atoms with E-state index in [4.69, 9.17) is 23.7 Å². The summed E-state index contributed by atoms with van der Waals surface area (Å²) in [6, 6.07) is 15.0. The fraction of sp³-hybridized carbons (Fsp3) is 0.207. The third kappa shape index (κ3) is 7.78. The van der Waals surface area contributed by atoms with Crippen molar-refractivity contribution < 1.29 is 36.9 Å². The molecule has 0 aliphatic rings. The van der Waals surface area contributed by atoms with Crippen LogP contribution in [-0.2, 0) is 15.6 Å². The van der Waals surface area contributed by atoms with Crippen molar-refractivity contribution in [2.24, 2.45) is 0 Å². The molecular formula is C29H31NO8S. The van der Waals surface area contributed by atoms with E-state index in [0.717, 1.165) is 5.41 Å². The highest BCUT2D eigenvalue weighted by atomic mass is 32.2. The second-order valence-corrected chi connectivity index (χ2v) is 10.0. The van der Waals surface area contributed by atoms with Crippen LogP contribution in [0.4, 0.5) is 5.69 Å². The van der Waals surface area contributed by atoms with Gasteiger partial charge in [-0.1, -0.05) is 6.07 Å². The Morgan fingerprint density at radius 1 is 0.769 bits per heavy atom. The Bertz CT molecular complexity index is 1440. The number of allylic oxidation sites excluding steroid dienone is 1. The number of ether oxygens (including phenoxy) is 5. The number of anilines is 1. The van der Waals surface area contributed by atoms with Gasteiger partial charge in [0, 0.05) is 35.4 Å². The highest BCUT2D eigenvalue weighted by molar-refractivity contribution is 7.93. The van der Waals surface area contributed by atoms with Crippen LogP contribution in [0.1, 0.15) is 21.5 Å². The Morgan fingerprint density at radius 3 is 1.95 bits per heavy atom. The second-order valence-electron chi connectivity index (χ2n) is 8.16. The van der Waals surface area contributed by atoms with Gasteiger partial charge in [-0.2, -0.15) is 0 Å². The molecule has 3 aromatic carbocycles. The van der Waals surface area contributed by atoms with E-state index in [-0.39, 0.29) is 11.5 Å². The van der Waals surface area contributed by atoms with Crippen LogP contribution < -0.4 is 29.0 Å². The third-order valence-corrected chi connectivity index (χ3v) is 6.96. The Labute approximate surface area is 228 Å². The predicted molar refractivity (Wildman–Crippen MR) is 151 cm³/mol. The summed E-state index contributed by atoms with van der Waals surface area (Å²) in [7, 11) is 3.84. The van der Waals surface area contributed by atoms with Crippen LogP contribution >= 0.6 is 0 Å². The van der Waals surface area contributed by atoms with E-state index in [9.17, 15) is 13.2 Å². The van der Waals surface area contributed by atoms with Gasteiger partial charge in [-0.3, -0.25) is 4.79 Å². The largest absolute Gasteiger partial charge is 0.497 e. The van der Waals surface area contributed by atoms with Crippen molar-refractivity contribution in [3.8, 4) is 28.7 Å². The van der Waals surface area contributed by atoms with Crippen molar-refractivity contribution in [3.63, 3.8) is 0 Å². The van der Waals surface area contributed by atoms with Gasteiger partial charge in [0.05, 0.1) is 52.6 Å². The van der Waals surface area contributed by atoms with E-state index in [1.54, 1.807) is 61.7 Å². The number of nitrogens with one attached hydrogen (secondary N) is 1. The summed E-state index contributed by atoms with van der Waals surface area (Å²) in [4.78, 5) is 12.4. The number of ketones is 1. The number of benzene rings is 3. The van der Waals surface area contributed by atoms with Crippen molar-refractivity contribution in [2.75, 3.05) is 40.9 Å². The van der Waals surface area contributed by atoms with E-state index < -0.39 is 9.84 Å². The average Bonchev–Trinajstić information content (AvgIpc) is 2.95. The summed E-state index contributed by atoms with van der Waals surface area (Å²) in [6.07, 6.45) is 4.29. The van der Waals surface area contributed by atoms with Gasteiger partial charge in [0.2, 0.25) is 0 Å². The molecule has 39 heavy (non-hydrogen) atoms. The van der Waals surface area contributed by atoms with E-state index in [1.165, 1.54) is 46.8 Å². The summed E-state index contributed by atoms with van der Waals surface area (Å²) >= 11 is 0. The number of hydrogen-bond donors (Lipinski definition) is 1. The number of rotatable bonds is 13. The zero-order valence-electron chi connectivity index (χ0n) is 22.4. The van der Waals surface area contributed by atoms with Gasteiger partial charge in [-0.15, -0.1) is 0 Å². The van der Waals surface area contributed by atoms with Gasteiger partial charge in [-0.25, -0.2) is 8.42 Å². The number of methoxy groups -OCH3 is 5. The maximum atomic E-state index is 13.0. The molecule has 0 heterocycles. The van der Waals surface area contributed by atoms with Crippen molar-refractivity contribution in [1.82, 2.24) is 0 Å². The first kappa shape index (κ1) is 29.1. The Balaban J connectivity index is 1.77. The first-order chi connectivity index (χ1) is 18.7. The molecule has 10 heteroatoms. The van der Waals surface area contributed by atoms with Crippen molar-refractivity contribution in [2.45, 2.75) is 5.75 Å². The van der Waals surface area contributed by atoms with E-state index in [2.05, 4.69) is 5.32 Å². The molecule has 0 radical (unpaired) electrons. The Hall–Kier alpha value is -4.44. The molecule has 0 saturated heterocycles. The fourth-order valence-electron chi connectivity index (χ4n) is 3.67. The maximum Gasteiger partial charge on any atom is 0.187 e. The van der Waals surface area contributed by atoms with E-state index in [0.29, 0.717) is 51.1 Å². The third-order valence-electron chi connectivity index (χ3n) is 5.68. The minimum absolute atomic E-state index is 0.211. The molecule has 0 aromatic heterocycles. The summed E-state index contributed by atoms with van der Waals surface area (Å²) < 4.78 is 52.4. The zero-order valence-corrected chi connectivity index (χ0v) is 23.2. The van der Waals surface area contributed by atoms with Crippen LogP contribution in [0.25, 0.3) is 6.08 Å². The lowest BCUT2D eigenvalue weighted by atomic mass is 10.1. The SMILES string of the molecule is COc1ccc(C(=O)/C=C/Nc2cc(CS(=O)(=O)/C=C/c3c(OC)cc(OC)cc3OC)ccc2OC)cc1. The molecule has 206 valence electrons. The van der Waals surface area contributed by atoms with Gasteiger partial charge in [0.1, 0.15) is 28.7 Å². The fourth-order valence-corrected chi connectivity index (χ4v) is 4.75. The quantitative estimate of drug-likeness (QED) is 0.228. The number of sulfone groups is 1. The Morgan fingerprint density at radius 2 is 1.38 bits per heavy atom. The van der Waals surface area contributed by atoms with Crippen molar-refractivity contribution >= 4 is 27.4 Å². The Kier molecular flexibility index (Phi) is 9.99. The number of carbonyl (C=O) groups is 1. The molecular weight excluding hydrogens is 522 g/mol. The zero-order chi connectivity index (χ0) is 28.4. The highest BCUT2D eigenvalue weighted by Gasteiger charge is 2.15. The topological polar surface area (TPSA) is 109 Å². The lowest BCUT2D eigenvalue weighted by Gasteiger charge is -2.12. The molecule has 0 fully saturated rings. The highest BCUT2D eigenvalue weighted by Crippen LogP contribution is 2.35. The molecule has 0 aliphatic carbocycles. The van der Waals surface area contributed by atoms with Crippen LogP contribution in [0.3, 0.4) is 0 Å². The summed E-state index contributed by atoms with van der Waals surface area (Å²) in [5.74, 6) is 1.99. The summed E-state index contributed by atoms with van der Waals surface area (Å²) in [5, 5.41) is 4.12. The number of carbonyl (C=O) groups excluding carboxylic acids is 1. The molecule has 0 spiro atoms. The molecule has 0 amide bonds. The van der Waals surface area contributed by atoms with Gasteiger partial charge in [0.25, 0.3) is 0 Å². The molecule has 0 bridgehead atoms. The average molecular weight is 554 g/mol. The smallest absolute Gasteiger partial charge is 0.187 e. The maximum absolute atomic E-state index is 13.0. The van der Waals surface area contributed by atoms with Gasteiger partial charge in [0.15, 0.2) is 15.6 Å². The van der Waals surface area contributed by atoms with Gasteiger partial charge < -0.3 is 29.0 Å². The van der Waals surface area contributed by atoms with Crippen molar-refractivity contribution in [3.05, 3.63) is 89.0 Å². The minimum Gasteiger partial charge on any atom is -0.497 e. The van der Waals surface area contributed by atoms with Crippen molar-refractivity contribution in [1.29, 1.82) is 0 Å². The molecule has 1 N–H and O–H groups in total. The monoisotopic (exact) mass is 553 g/mol. The van der Waals surface area contributed by atoms with E-state index >= 15 is 0 Å². The molecule has 0 aliphatic heterocycles. The lowest BCUT2D eigenvalue weighted by molar-refractivity contribution is 0.104. The molecule has 9 nitrogen and oxygen atoms in total. The second kappa shape index (κ2) is 13.4. The molecule has 3 aromatic rings. The van der Waals surface area contributed by atoms with Crippen LogP contribution in [0, 0.1) is 0 Å². The summed E-state index contributed by atoms with van der Waals surface area (Å²) in [6.45, 7) is 0. The van der Waals surface area contributed by atoms with Crippen LogP contribution in [0.15, 0.2) is 72.3 Å². The van der Waals surface area contributed by atoms with Crippen LogP contribution in [0.2, 0.25) is 0 Å². The molecule has 3 rings (SSSR count). The standard InChI is InChI=1S/C29H31NO8S/c1-34-22-9-7-21(8-10-22)26(31)12-14-30-25-16-20(6-11-27(25)36-3)19-39(32,33)15-13-24-28(37-4)17-23(35-2)18-29(24)38-5/h6-18,30H,19H2,1-5H3/b14-12+,15-13+. The van der Waals surface area contributed by atoms with Crippen LogP contribution in [-0.4, -0.2) is 49.8 Å². The number of hydrogen-bond acceptors (Lipinski definition) is 9. The first-order valence-corrected chi connectivity index (χ1v) is 13.4.